The second kappa shape index (κ2) is 3.26. The molecule has 0 aliphatic heterocycles. The van der Waals surface area contributed by atoms with Crippen LogP contribution in [0.2, 0.25) is 0 Å². The number of nitrogens with zero attached hydrogens (tertiary/aromatic N) is 1. The molecule has 1 heterocycles. The molecule has 0 N–H and O–H groups in total. The fourth-order valence-electron chi connectivity index (χ4n) is 1.16. The first-order valence-electron chi connectivity index (χ1n) is 3.93. The van der Waals surface area contributed by atoms with Crippen molar-refractivity contribution in [3.63, 3.8) is 0 Å². The maximum Gasteiger partial charge on any atom is 0.133 e. The minimum Gasteiger partial charge on any atom is -0.244 e. The lowest BCUT2D eigenvalue weighted by atomic mass is 10.1. The fourth-order valence-corrected chi connectivity index (χ4v) is 1.82. The fraction of sp³-hybridized carbons (Fsp3) is 0.100. The molecule has 2 rings (SSSR count). The van der Waals surface area contributed by atoms with Gasteiger partial charge in [-0.1, -0.05) is 11.6 Å². The number of halogens is 1. The summed E-state index contributed by atoms with van der Waals surface area (Å²) in [5.41, 5.74) is 1.64. The molecule has 3 heteroatoms. The molecule has 66 valence electrons. The van der Waals surface area contributed by atoms with Gasteiger partial charge in [-0.2, -0.15) is 0 Å². The molecule has 1 aromatic carbocycles. The molecule has 0 amide bonds. The molecule has 0 saturated heterocycles. The molecule has 2 aromatic rings. The van der Waals surface area contributed by atoms with E-state index in [4.69, 9.17) is 0 Å². The van der Waals surface area contributed by atoms with Crippen molar-refractivity contribution in [1.82, 2.24) is 4.98 Å². The van der Waals surface area contributed by atoms with Crippen molar-refractivity contribution in [2.75, 3.05) is 0 Å². The Balaban J connectivity index is 2.57. The van der Waals surface area contributed by atoms with Gasteiger partial charge in [-0.15, -0.1) is 11.3 Å². The zero-order valence-corrected chi connectivity index (χ0v) is 7.94. The molecule has 0 fully saturated rings. The lowest BCUT2D eigenvalue weighted by Crippen LogP contribution is -1.84. The second-order valence-corrected chi connectivity index (χ2v) is 3.72. The van der Waals surface area contributed by atoms with Crippen molar-refractivity contribution in [3.8, 4) is 10.6 Å². The summed E-state index contributed by atoms with van der Waals surface area (Å²) in [5, 5.41) is 2.58. The average molecular weight is 193 g/mol. The zero-order valence-electron chi connectivity index (χ0n) is 7.12. The van der Waals surface area contributed by atoms with Gasteiger partial charge in [0.2, 0.25) is 0 Å². The normalized spacial score (nSPS) is 10.3. The van der Waals surface area contributed by atoms with Crippen LogP contribution in [0.4, 0.5) is 4.39 Å². The number of aromatic nitrogens is 1. The summed E-state index contributed by atoms with van der Waals surface area (Å²) >= 11 is 1.45. The van der Waals surface area contributed by atoms with Gasteiger partial charge >= 0.3 is 0 Å². The maximum atomic E-state index is 13.3. The summed E-state index contributed by atoms with van der Waals surface area (Å²) < 4.78 is 13.3. The Bertz CT molecular complexity index is 409. The summed E-state index contributed by atoms with van der Waals surface area (Å²) in [6, 6.07) is 5.05. The van der Waals surface area contributed by atoms with Gasteiger partial charge in [0.15, 0.2) is 0 Å². The molecule has 0 saturated carbocycles. The molecule has 1 nitrogen and oxygen atoms in total. The molecule has 1 aromatic heterocycles. The van der Waals surface area contributed by atoms with Crippen LogP contribution in [-0.4, -0.2) is 4.98 Å². The number of rotatable bonds is 1. The molecular formula is C10H8FNS. The van der Waals surface area contributed by atoms with E-state index in [0.717, 1.165) is 10.6 Å². The first kappa shape index (κ1) is 8.38. The van der Waals surface area contributed by atoms with Crippen molar-refractivity contribution in [1.29, 1.82) is 0 Å². The zero-order chi connectivity index (χ0) is 9.26. The van der Waals surface area contributed by atoms with Crippen LogP contribution in [0.3, 0.4) is 0 Å². The van der Waals surface area contributed by atoms with Crippen molar-refractivity contribution in [2.45, 2.75) is 6.92 Å². The maximum absolute atomic E-state index is 13.3. The molecule has 0 bridgehead atoms. The summed E-state index contributed by atoms with van der Waals surface area (Å²) in [7, 11) is 0. The minimum atomic E-state index is -0.208. The van der Waals surface area contributed by atoms with Crippen LogP contribution in [0, 0.1) is 12.7 Å². The van der Waals surface area contributed by atoms with Gasteiger partial charge in [0.05, 0.1) is 0 Å². The summed E-state index contributed by atoms with van der Waals surface area (Å²) in [6.45, 7) is 1.94. The van der Waals surface area contributed by atoms with Gasteiger partial charge in [0.1, 0.15) is 10.8 Å². The van der Waals surface area contributed by atoms with E-state index < -0.39 is 0 Å². The van der Waals surface area contributed by atoms with E-state index in [1.54, 1.807) is 12.3 Å². The lowest BCUT2D eigenvalue weighted by molar-refractivity contribution is 0.631. The number of thiazole rings is 1. The van der Waals surface area contributed by atoms with Crippen LogP contribution in [-0.2, 0) is 0 Å². The van der Waals surface area contributed by atoms with Crippen LogP contribution < -0.4 is 0 Å². The Morgan fingerprint density at radius 2 is 2.23 bits per heavy atom. The average Bonchev–Trinajstić information content (AvgIpc) is 2.61. The second-order valence-electron chi connectivity index (χ2n) is 2.82. The van der Waals surface area contributed by atoms with E-state index in [1.165, 1.54) is 17.4 Å². The molecule has 13 heavy (non-hydrogen) atoms. The van der Waals surface area contributed by atoms with Crippen molar-refractivity contribution >= 4 is 11.3 Å². The van der Waals surface area contributed by atoms with E-state index in [-0.39, 0.29) is 5.82 Å². The van der Waals surface area contributed by atoms with E-state index >= 15 is 0 Å². The van der Waals surface area contributed by atoms with Crippen molar-refractivity contribution in [3.05, 3.63) is 41.2 Å². The van der Waals surface area contributed by atoms with Gasteiger partial charge in [-0.25, -0.2) is 9.37 Å². The SMILES string of the molecule is Cc1ccc(F)c(-c2nccs2)c1. The third kappa shape index (κ3) is 1.60. The van der Waals surface area contributed by atoms with Gasteiger partial charge in [0.25, 0.3) is 0 Å². The molecule has 0 aliphatic carbocycles. The van der Waals surface area contributed by atoms with E-state index in [2.05, 4.69) is 4.98 Å². The molecule has 0 aliphatic rings. The molecule has 0 radical (unpaired) electrons. The molecule has 0 unspecified atom stereocenters. The molecule has 0 atom stereocenters. The van der Waals surface area contributed by atoms with Crippen LogP contribution in [0.1, 0.15) is 5.56 Å². The Hall–Kier alpha value is -1.22. The van der Waals surface area contributed by atoms with Gasteiger partial charge in [-0.3, -0.25) is 0 Å². The highest BCUT2D eigenvalue weighted by Gasteiger charge is 2.06. The first-order valence-corrected chi connectivity index (χ1v) is 4.81. The van der Waals surface area contributed by atoms with Crippen molar-refractivity contribution in [2.24, 2.45) is 0 Å². The summed E-state index contributed by atoms with van der Waals surface area (Å²) in [5.74, 6) is -0.208. The van der Waals surface area contributed by atoms with E-state index in [1.807, 2.05) is 18.4 Å². The highest BCUT2D eigenvalue weighted by molar-refractivity contribution is 7.13. The molecular weight excluding hydrogens is 185 g/mol. The largest absolute Gasteiger partial charge is 0.244 e. The van der Waals surface area contributed by atoms with E-state index in [9.17, 15) is 4.39 Å². The van der Waals surface area contributed by atoms with Gasteiger partial charge in [0, 0.05) is 17.1 Å². The standard InChI is InChI=1S/C10H8FNS/c1-7-2-3-9(11)8(6-7)10-12-4-5-13-10/h2-6H,1H3. The number of hydrogen-bond acceptors (Lipinski definition) is 2. The smallest absolute Gasteiger partial charge is 0.133 e. The first-order chi connectivity index (χ1) is 6.27. The van der Waals surface area contributed by atoms with Crippen molar-refractivity contribution < 1.29 is 4.39 Å². The lowest BCUT2D eigenvalue weighted by Gasteiger charge is -1.99. The summed E-state index contributed by atoms with van der Waals surface area (Å²) in [6.07, 6.45) is 1.68. The third-order valence-electron chi connectivity index (χ3n) is 1.78. The van der Waals surface area contributed by atoms with Crippen LogP contribution in [0.15, 0.2) is 29.8 Å². The third-order valence-corrected chi connectivity index (χ3v) is 2.59. The predicted molar refractivity (Wildman–Crippen MR) is 52.2 cm³/mol. The predicted octanol–water partition coefficient (Wildman–Crippen LogP) is 3.26. The Morgan fingerprint density at radius 3 is 2.92 bits per heavy atom. The number of aryl methyl sites for hydroxylation is 1. The number of benzene rings is 1. The Morgan fingerprint density at radius 1 is 1.38 bits per heavy atom. The molecule has 0 spiro atoms. The van der Waals surface area contributed by atoms with Gasteiger partial charge < -0.3 is 0 Å². The van der Waals surface area contributed by atoms with Crippen LogP contribution >= 0.6 is 11.3 Å². The van der Waals surface area contributed by atoms with E-state index in [0.29, 0.717) is 5.56 Å². The monoisotopic (exact) mass is 193 g/mol. The van der Waals surface area contributed by atoms with Gasteiger partial charge in [-0.05, 0) is 19.1 Å². The quantitative estimate of drug-likeness (QED) is 0.677. The number of hydrogen-bond donors (Lipinski definition) is 0. The Kier molecular flexibility index (Phi) is 2.10. The highest BCUT2D eigenvalue weighted by atomic mass is 32.1. The van der Waals surface area contributed by atoms with Crippen LogP contribution in [0.25, 0.3) is 10.6 Å². The minimum absolute atomic E-state index is 0.208. The summed E-state index contributed by atoms with van der Waals surface area (Å²) in [4.78, 5) is 4.07. The Labute approximate surface area is 79.9 Å². The topological polar surface area (TPSA) is 12.9 Å². The highest BCUT2D eigenvalue weighted by Crippen LogP contribution is 2.25. The van der Waals surface area contributed by atoms with Crippen LogP contribution in [0.5, 0.6) is 0 Å².